The Morgan fingerprint density at radius 1 is 1.38 bits per heavy atom. The fourth-order valence-electron chi connectivity index (χ4n) is 1.90. The summed E-state index contributed by atoms with van der Waals surface area (Å²) in [6, 6.07) is 7.26. The normalized spacial score (nSPS) is 10.8. The van der Waals surface area contributed by atoms with E-state index in [1.165, 1.54) is 22.9 Å². The molecule has 0 radical (unpaired) electrons. The fourth-order valence-corrected chi connectivity index (χ4v) is 2.02. The van der Waals surface area contributed by atoms with Gasteiger partial charge in [-0.25, -0.2) is 14.2 Å². The summed E-state index contributed by atoms with van der Waals surface area (Å²) in [7, 11) is 0. The van der Waals surface area contributed by atoms with E-state index in [-0.39, 0.29) is 21.9 Å². The maximum absolute atomic E-state index is 13.3. The van der Waals surface area contributed by atoms with Gasteiger partial charge in [0, 0.05) is 11.8 Å². The highest BCUT2D eigenvalue weighted by atomic mass is 32.1. The molecule has 0 amide bonds. The molecule has 106 valence electrons. The Kier molecular flexibility index (Phi) is 3.22. The Morgan fingerprint density at radius 3 is 2.86 bits per heavy atom. The molecule has 0 fully saturated rings. The number of aryl methyl sites for hydroxylation is 1. The first-order valence-electron chi connectivity index (χ1n) is 5.97. The third-order valence-corrected chi connectivity index (χ3v) is 2.98. The minimum absolute atomic E-state index is 0.00258. The second-order valence-corrected chi connectivity index (χ2v) is 4.68. The third-order valence-electron chi connectivity index (χ3n) is 2.80. The van der Waals surface area contributed by atoms with Gasteiger partial charge in [0.1, 0.15) is 5.82 Å². The quantitative estimate of drug-likeness (QED) is 0.736. The predicted octanol–water partition coefficient (Wildman–Crippen LogP) is 2.39. The molecular formula is C13H9FN4O2S. The maximum atomic E-state index is 13.3. The van der Waals surface area contributed by atoms with E-state index in [1.807, 2.05) is 0 Å². The van der Waals surface area contributed by atoms with Crippen molar-refractivity contribution in [2.75, 3.05) is 0 Å². The van der Waals surface area contributed by atoms with Crippen LogP contribution in [0.5, 0.6) is 0 Å². The molecule has 1 N–H and O–H groups in total. The van der Waals surface area contributed by atoms with E-state index in [9.17, 15) is 9.18 Å². The zero-order valence-electron chi connectivity index (χ0n) is 10.8. The number of nitrogens with one attached hydrogen (secondary N) is 1. The Hall–Kier alpha value is -2.61. The molecule has 2 heterocycles. The van der Waals surface area contributed by atoms with Crippen molar-refractivity contribution in [2.45, 2.75) is 6.92 Å². The van der Waals surface area contributed by atoms with E-state index < -0.39 is 5.82 Å². The van der Waals surface area contributed by atoms with Crippen molar-refractivity contribution >= 4 is 12.2 Å². The lowest BCUT2D eigenvalue weighted by Gasteiger charge is -2.09. The van der Waals surface area contributed by atoms with Gasteiger partial charge in [-0.2, -0.15) is 5.10 Å². The van der Waals surface area contributed by atoms with Crippen LogP contribution >= 0.6 is 12.2 Å². The molecule has 1 aromatic carbocycles. The zero-order chi connectivity index (χ0) is 15.0. The van der Waals surface area contributed by atoms with Crippen molar-refractivity contribution in [3.05, 3.63) is 56.9 Å². The van der Waals surface area contributed by atoms with E-state index in [4.69, 9.17) is 16.6 Å². The Balaban J connectivity index is 2.23. The third kappa shape index (κ3) is 2.52. The molecular weight excluding hydrogens is 295 g/mol. The summed E-state index contributed by atoms with van der Waals surface area (Å²) in [5, 5.41) is 10.4. The highest BCUT2D eigenvalue weighted by Gasteiger charge is 2.14. The molecule has 0 spiro atoms. The van der Waals surface area contributed by atoms with Gasteiger partial charge in [-0.15, -0.1) is 5.10 Å². The van der Waals surface area contributed by atoms with Gasteiger partial charge in [0.15, 0.2) is 5.69 Å². The first-order chi connectivity index (χ1) is 10.0. The van der Waals surface area contributed by atoms with Crippen LogP contribution in [0.4, 0.5) is 4.39 Å². The van der Waals surface area contributed by atoms with E-state index in [0.717, 1.165) is 0 Å². The number of aromatic amines is 1. The van der Waals surface area contributed by atoms with Crippen molar-refractivity contribution in [1.82, 2.24) is 20.0 Å². The number of H-pyrrole nitrogens is 1. The summed E-state index contributed by atoms with van der Waals surface area (Å²) >= 11 is 4.77. The van der Waals surface area contributed by atoms with Gasteiger partial charge < -0.3 is 4.42 Å². The first-order valence-corrected chi connectivity index (χ1v) is 6.38. The van der Waals surface area contributed by atoms with Gasteiger partial charge in [0.05, 0.1) is 5.69 Å². The Morgan fingerprint density at radius 2 is 2.19 bits per heavy atom. The van der Waals surface area contributed by atoms with Crippen LogP contribution in [0.25, 0.3) is 17.3 Å². The molecule has 2 aromatic heterocycles. The predicted molar refractivity (Wildman–Crippen MR) is 75.2 cm³/mol. The molecule has 3 aromatic rings. The highest BCUT2D eigenvalue weighted by Crippen LogP contribution is 2.14. The molecule has 0 aliphatic carbocycles. The average molecular weight is 304 g/mol. The topological polar surface area (TPSA) is 76.7 Å². The molecule has 0 aliphatic heterocycles. The van der Waals surface area contributed by atoms with Crippen LogP contribution in [0, 0.1) is 17.6 Å². The Bertz CT molecular complexity index is 928. The van der Waals surface area contributed by atoms with Crippen LogP contribution < -0.4 is 5.43 Å². The van der Waals surface area contributed by atoms with Crippen LogP contribution in [0.15, 0.2) is 39.5 Å². The van der Waals surface area contributed by atoms with Crippen molar-refractivity contribution in [2.24, 2.45) is 0 Å². The van der Waals surface area contributed by atoms with Crippen LogP contribution in [-0.2, 0) is 0 Å². The van der Waals surface area contributed by atoms with E-state index in [2.05, 4.69) is 15.3 Å². The molecule has 6 nitrogen and oxygen atoms in total. The fraction of sp³-hybridized carbons (Fsp3) is 0.0769. The number of aromatic nitrogens is 4. The molecule has 0 unspecified atom stereocenters. The molecule has 0 saturated carbocycles. The van der Waals surface area contributed by atoms with Crippen molar-refractivity contribution < 1.29 is 8.81 Å². The smallest absolute Gasteiger partial charge is 0.284 e. The number of halogens is 1. The van der Waals surface area contributed by atoms with Crippen LogP contribution in [0.1, 0.15) is 5.69 Å². The lowest BCUT2D eigenvalue weighted by molar-refractivity contribution is 0.546. The van der Waals surface area contributed by atoms with Gasteiger partial charge in [-0.1, -0.05) is 6.07 Å². The van der Waals surface area contributed by atoms with E-state index >= 15 is 0 Å². The minimum Gasteiger partial charge on any atom is -0.407 e. The number of hydrogen-bond acceptors (Lipinski definition) is 5. The molecule has 0 saturated heterocycles. The zero-order valence-corrected chi connectivity index (χ0v) is 11.6. The van der Waals surface area contributed by atoms with Gasteiger partial charge in [0.2, 0.25) is 5.43 Å². The minimum atomic E-state index is -0.397. The summed E-state index contributed by atoms with van der Waals surface area (Å²) in [6.45, 7) is 1.70. The number of nitrogens with zero attached hydrogens (tertiary/aromatic N) is 3. The first kappa shape index (κ1) is 13.4. The van der Waals surface area contributed by atoms with Gasteiger partial charge in [0.25, 0.3) is 10.7 Å². The summed E-state index contributed by atoms with van der Waals surface area (Å²) in [6.07, 6.45) is 0. The van der Waals surface area contributed by atoms with Crippen molar-refractivity contribution in [3.8, 4) is 17.3 Å². The SMILES string of the molecule is Cc1cc(=O)c(-c2n[nH]c(=S)o2)nn1-c1cccc(F)c1. The van der Waals surface area contributed by atoms with Gasteiger partial charge in [-0.3, -0.25) is 4.79 Å². The van der Waals surface area contributed by atoms with Gasteiger partial charge in [-0.05, 0) is 37.3 Å². The van der Waals surface area contributed by atoms with E-state index in [0.29, 0.717) is 11.4 Å². The molecule has 0 aliphatic rings. The summed E-state index contributed by atoms with van der Waals surface area (Å²) < 4.78 is 19.9. The van der Waals surface area contributed by atoms with Gasteiger partial charge >= 0.3 is 0 Å². The molecule has 0 bridgehead atoms. The summed E-state index contributed by atoms with van der Waals surface area (Å²) in [5.74, 6) is -0.401. The van der Waals surface area contributed by atoms with Crippen molar-refractivity contribution in [3.63, 3.8) is 0 Å². The second-order valence-electron chi connectivity index (χ2n) is 4.31. The number of benzene rings is 1. The standard InChI is InChI=1S/C13H9FN4O2S/c1-7-5-10(19)11(12-15-16-13(21)20-12)17-18(7)9-4-2-3-8(14)6-9/h2-6H,1H3,(H,16,21). The summed E-state index contributed by atoms with van der Waals surface area (Å²) in [4.78, 5) is 12.0. The maximum Gasteiger partial charge on any atom is 0.284 e. The second kappa shape index (κ2) is 5.06. The lowest BCUT2D eigenvalue weighted by Crippen LogP contribution is -2.16. The van der Waals surface area contributed by atoms with Crippen LogP contribution in [0.2, 0.25) is 0 Å². The summed E-state index contributed by atoms with van der Waals surface area (Å²) in [5.41, 5.74) is 0.689. The molecule has 0 atom stereocenters. The number of hydrogen-bond donors (Lipinski definition) is 1. The highest BCUT2D eigenvalue weighted by molar-refractivity contribution is 7.71. The largest absolute Gasteiger partial charge is 0.407 e. The molecule has 21 heavy (non-hydrogen) atoms. The lowest BCUT2D eigenvalue weighted by atomic mass is 10.2. The van der Waals surface area contributed by atoms with Crippen LogP contribution in [0.3, 0.4) is 0 Å². The molecule has 3 rings (SSSR count). The monoisotopic (exact) mass is 304 g/mol. The molecule has 8 heteroatoms. The number of rotatable bonds is 2. The average Bonchev–Trinajstić information content (AvgIpc) is 2.85. The van der Waals surface area contributed by atoms with E-state index in [1.54, 1.807) is 19.1 Å². The Labute approximate surface area is 122 Å². The van der Waals surface area contributed by atoms with Crippen molar-refractivity contribution in [1.29, 1.82) is 0 Å². The van der Waals surface area contributed by atoms with Crippen LogP contribution in [-0.4, -0.2) is 20.0 Å².